The highest BCUT2D eigenvalue weighted by atomic mass is 16.3. The van der Waals surface area contributed by atoms with Crippen LogP contribution < -0.4 is 16.1 Å². The van der Waals surface area contributed by atoms with E-state index < -0.39 is 0 Å². The number of aromatic hydroxyl groups is 2. The number of likely N-dealkylation sites (N-methyl/N-ethyl adjacent to an activating group) is 1. The first kappa shape index (κ1) is 20.1. The Morgan fingerprint density at radius 2 is 1.80 bits per heavy atom. The van der Waals surface area contributed by atoms with Gasteiger partial charge in [-0.1, -0.05) is 0 Å². The van der Waals surface area contributed by atoms with E-state index in [1.54, 1.807) is 0 Å². The molecule has 2 aromatic carbocycles. The molecule has 0 bridgehead atoms. The van der Waals surface area contributed by atoms with Crippen LogP contribution in [0, 0.1) is 0 Å². The molecule has 0 aliphatic carbocycles. The van der Waals surface area contributed by atoms with E-state index in [0.29, 0.717) is 41.9 Å². The van der Waals surface area contributed by atoms with Gasteiger partial charge < -0.3 is 30.9 Å². The zero-order valence-corrected chi connectivity index (χ0v) is 16.9. The number of nitrogens with zero attached hydrogens (tertiary/aromatic N) is 3. The van der Waals surface area contributed by atoms with Crippen LogP contribution in [0.2, 0.25) is 0 Å². The Bertz CT molecular complexity index is 1270. The van der Waals surface area contributed by atoms with Crippen molar-refractivity contribution in [2.45, 2.75) is 6.54 Å². The first-order valence-electron chi connectivity index (χ1n) is 9.78. The number of hydrogen-bond donors (Lipinski definition) is 5. The number of nitrogens with one attached hydrogen (secondary N) is 2. The van der Waals surface area contributed by atoms with Crippen LogP contribution in [-0.2, 0) is 6.54 Å². The first-order valence-corrected chi connectivity index (χ1v) is 9.78. The third kappa shape index (κ3) is 3.26. The van der Waals surface area contributed by atoms with Gasteiger partial charge in [-0.15, -0.1) is 0 Å². The molecule has 4 rings (SSSR count). The average molecular weight is 411 g/mol. The lowest BCUT2D eigenvalue weighted by atomic mass is 10.0. The minimum absolute atomic E-state index is 0.000184. The van der Waals surface area contributed by atoms with E-state index in [0.717, 1.165) is 11.9 Å². The molecule has 9 heteroatoms. The quantitative estimate of drug-likeness (QED) is 0.165. The van der Waals surface area contributed by atoms with Crippen molar-refractivity contribution in [2.75, 3.05) is 45.7 Å². The predicted octanol–water partition coefficient (Wildman–Crippen LogP) is 0.905. The third-order valence-electron chi connectivity index (χ3n) is 5.18. The summed E-state index contributed by atoms with van der Waals surface area (Å²) in [5, 5.41) is 42.2. The summed E-state index contributed by atoms with van der Waals surface area (Å²) >= 11 is 0. The normalized spacial score (nSPS) is 12.0. The molecule has 9 nitrogen and oxygen atoms in total. The van der Waals surface area contributed by atoms with Gasteiger partial charge in [-0.05, 0) is 38.4 Å². The van der Waals surface area contributed by atoms with E-state index in [4.69, 9.17) is 5.11 Å². The zero-order valence-electron chi connectivity index (χ0n) is 16.9. The minimum Gasteiger partial charge on any atom is -0.507 e. The number of aliphatic hydroxyl groups is 1. The molecule has 0 unspecified atom stereocenters. The van der Waals surface area contributed by atoms with Gasteiger partial charge in [-0.25, -0.2) is 4.52 Å². The van der Waals surface area contributed by atoms with E-state index in [1.165, 1.54) is 16.6 Å². The molecule has 0 amide bonds. The van der Waals surface area contributed by atoms with Crippen molar-refractivity contribution >= 4 is 32.9 Å². The number of anilines is 1. The lowest BCUT2D eigenvalue weighted by molar-refractivity contribution is 0.291. The molecule has 0 fully saturated rings. The van der Waals surface area contributed by atoms with Crippen molar-refractivity contribution in [3.8, 4) is 11.5 Å². The fourth-order valence-electron chi connectivity index (χ4n) is 3.77. The van der Waals surface area contributed by atoms with Gasteiger partial charge >= 0.3 is 0 Å². The van der Waals surface area contributed by atoms with Crippen molar-refractivity contribution in [3.63, 3.8) is 0 Å². The van der Waals surface area contributed by atoms with Gasteiger partial charge in [0.25, 0.3) is 0 Å². The Morgan fingerprint density at radius 1 is 1.03 bits per heavy atom. The maximum Gasteiger partial charge on any atom is 0.203 e. The summed E-state index contributed by atoms with van der Waals surface area (Å²) in [5.74, 6) is -0.336. The smallest absolute Gasteiger partial charge is 0.203 e. The van der Waals surface area contributed by atoms with Crippen LogP contribution in [0.5, 0.6) is 11.5 Å². The Balaban J connectivity index is 2.02. The third-order valence-corrected chi connectivity index (χ3v) is 5.18. The summed E-state index contributed by atoms with van der Waals surface area (Å²) in [4.78, 5) is 15.5. The Labute approximate surface area is 172 Å². The summed E-state index contributed by atoms with van der Waals surface area (Å²) in [6.07, 6.45) is 0. The molecular formula is C21H25N5O4. The van der Waals surface area contributed by atoms with Crippen LogP contribution in [-0.4, -0.2) is 70.2 Å². The second kappa shape index (κ2) is 7.94. The van der Waals surface area contributed by atoms with E-state index in [-0.39, 0.29) is 34.4 Å². The van der Waals surface area contributed by atoms with Crippen LogP contribution in [0.15, 0.2) is 29.1 Å². The molecule has 0 aliphatic heterocycles. The van der Waals surface area contributed by atoms with Crippen molar-refractivity contribution in [3.05, 3.63) is 40.2 Å². The lowest BCUT2D eigenvalue weighted by Crippen LogP contribution is -2.21. The summed E-state index contributed by atoms with van der Waals surface area (Å²) in [7, 11) is 3.94. The maximum atomic E-state index is 13.4. The van der Waals surface area contributed by atoms with Crippen LogP contribution in [0.3, 0.4) is 0 Å². The molecule has 0 aliphatic rings. The highest BCUT2D eigenvalue weighted by Gasteiger charge is 2.23. The Kier molecular flexibility index (Phi) is 5.33. The molecule has 158 valence electrons. The molecule has 2 heterocycles. The van der Waals surface area contributed by atoms with Gasteiger partial charge in [-0.3, -0.25) is 4.79 Å². The van der Waals surface area contributed by atoms with Crippen LogP contribution >= 0.6 is 0 Å². The van der Waals surface area contributed by atoms with Crippen LogP contribution in [0.4, 0.5) is 5.69 Å². The van der Waals surface area contributed by atoms with Crippen molar-refractivity contribution in [1.82, 2.24) is 19.8 Å². The fraction of sp³-hybridized carbons (Fsp3) is 0.333. The monoisotopic (exact) mass is 411 g/mol. The minimum atomic E-state index is -0.362. The molecule has 0 atom stereocenters. The molecule has 0 saturated carbocycles. The molecule has 5 N–H and O–H groups in total. The van der Waals surface area contributed by atoms with Crippen molar-refractivity contribution in [1.29, 1.82) is 0 Å². The number of hydrogen-bond acceptors (Lipinski definition) is 8. The average Bonchev–Trinajstić information content (AvgIpc) is 3.07. The number of aliphatic hydroxyl groups excluding tert-OH is 1. The van der Waals surface area contributed by atoms with E-state index in [2.05, 4.69) is 15.7 Å². The van der Waals surface area contributed by atoms with Gasteiger partial charge in [0.1, 0.15) is 17.0 Å². The highest BCUT2D eigenvalue weighted by molar-refractivity contribution is 6.10. The predicted molar refractivity (Wildman–Crippen MR) is 117 cm³/mol. The summed E-state index contributed by atoms with van der Waals surface area (Å²) in [6.45, 7) is 2.22. The van der Waals surface area contributed by atoms with Crippen molar-refractivity contribution in [2.24, 2.45) is 0 Å². The second-order valence-corrected chi connectivity index (χ2v) is 7.53. The van der Waals surface area contributed by atoms with Gasteiger partial charge in [0.15, 0.2) is 0 Å². The van der Waals surface area contributed by atoms with Gasteiger partial charge in [-0.2, -0.15) is 5.10 Å². The number of rotatable bonds is 8. The number of aromatic nitrogens is 2. The van der Waals surface area contributed by atoms with Gasteiger partial charge in [0.2, 0.25) is 5.43 Å². The molecule has 2 aromatic heterocycles. The second-order valence-electron chi connectivity index (χ2n) is 7.53. The molecule has 4 aromatic rings. The van der Waals surface area contributed by atoms with E-state index >= 15 is 0 Å². The zero-order chi connectivity index (χ0) is 21.4. The topological polar surface area (TPSA) is 122 Å². The summed E-state index contributed by atoms with van der Waals surface area (Å²) < 4.78 is 1.53. The summed E-state index contributed by atoms with van der Waals surface area (Å²) in [5.41, 5.74) is 1.74. The van der Waals surface area contributed by atoms with Crippen LogP contribution in [0.25, 0.3) is 27.2 Å². The molecule has 0 saturated heterocycles. The SMILES string of the molecule is CN(C)CCNc1ccc2c(CNCCO)nn3c4c(O)ccc(O)c4c(=O)c1c23. The first-order chi connectivity index (χ1) is 14.4. The van der Waals surface area contributed by atoms with E-state index in [9.17, 15) is 15.0 Å². The van der Waals surface area contributed by atoms with Gasteiger partial charge in [0, 0.05) is 37.3 Å². The summed E-state index contributed by atoms with van der Waals surface area (Å²) in [6, 6.07) is 6.40. The number of phenolic OH excluding ortho intramolecular Hbond substituents is 2. The molecule has 30 heavy (non-hydrogen) atoms. The number of pyridine rings is 1. The van der Waals surface area contributed by atoms with Crippen molar-refractivity contribution < 1.29 is 15.3 Å². The van der Waals surface area contributed by atoms with E-state index in [1.807, 2.05) is 31.1 Å². The number of fused-ring (bicyclic) bond motifs is 2. The number of benzene rings is 2. The molecular weight excluding hydrogens is 386 g/mol. The van der Waals surface area contributed by atoms with Gasteiger partial charge in [0.05, 0.1) is 28.6 Å². The standard InChI is InChI=1S/C21H25N5O4/c1-25(2)9-7-23-13-4-3-12-14(11-22-8-10-27)24-26-19(12)17(13)21(30)18-15(28)5-6-16(29)20(18)26/h3-6,22-23,27-29H,7-11H2,1-2H3. The molecule has 0 radical (unpaired) electrons. The lowest BCUT2D eigenvalue weighted by Gasteiger charge is -2.14. The fourth-order valence-corrected chi connectivity index (χ4v) is 3.77. The maximum absolute atomic E-state index is 13.4. The number of phenols is 2. The Hall–Kier alpha value is -3.14. The highest BCUT2D eigenvalue weighted by Crippen LogP contribution is 2.36. The Morgan fingerprint density at radius 3 is 2.53 bits per heavy atom. The van der Waals surface area contributed by atoms with Crippen LogP contribution in [0.1, 0.15) is 5.69 Å². The molecule has 0 spiro atoms. The largest absolute Gasteiger partial charge is 0.507 e.